The number of hydrogen-bond acceptors (Lipinski definition) is 6. The van der Waals surface area contributed by atoms with Gasteiger partial charge in [0.1, 0.15) is 5.82 Å². The van der Waals surface area contributed by atoms with Gasteiger partial charge in [-0.05, 0) is 56.4 Å². The van der Waals surface area contributed by atoms with E-state index in [-0.39, 0.29) is 23.9 Å². The summed E-state index contributed by atoms with van der Waals surface area (Å²) in [5.41, 5.74) is 2.94. The molecular weight excluding hydrogens is 483 g/mol. The van der Waals surface area contributed by atoms with Crippen LogP contribution in [0.5, 0.6) is 0 Å². The van der Waals surface area contributed by atoms with Gasteiger partial charge in [0.25, 0.3) is 5.91 Å². The summed E-state index contributed by atoms with van der Waals surface area (Å²) in [7, 11) is -1.77. The Balaban J connectivity index is 1.29. The average molecular weight is 513 g/mol. The van der Waals surface area contributed by atoms with E-state index in [1.54, 1.807) is 12.1 Å². The zero-order valence-corrected chi connectivity index (χ0v) is 21.1. The van der Waals surface area contributed by atoms with Crippen LogP contribution in [-0.4, -0.2) is 73.0 Å². The number of rotatable bonds is 5. The van der Waals surface area contributed by atoms with E-state index in [4.69, 9.17) is 0 Å². The number of carbonyl (C=O) groups is 1. The molecule has 5 rings (SSSR count). The minimum absolute atomic E-state index is 0.0286. The van der Waals surface area contributed by atoms with Gasteiger partial charge < -0.3 is 15.1 Å². The number of halogens is 1. The van der Waals surface area contributed by atoms with Crippen LogP contribution in [0, 0.1) is 5.82 Å². The zero-order valence-electron chi connectivity index (χ0n) is 20.2. The maximum absolute atomic E-state index is 13.6. The molecule has 1 atom stereocenters. The van der Waals surface area contributed by atoms with E-state index in [9.17, 15) is 17.6 Å². The highest BCUT2D eigenvalue weighted by molar-refractivity contribution is 7.89. The molecule has 2 N–H and O–H groups in total. The third-order valence-corrected chi connectivity index (χ3v) is 8.86. The van der Waals surface area contributed by atoms with Gasteiger partial charge in [-0.25, -0.2) is 12.8 Å². The van der Waals surface area contributed by atoms with Crippen molar-refractivity contribution in [1.82, 2.24) is 19.4 Å². The molecule has 36 heavy (non-hydrogen) atoms. The highest BCUT2D eigenvalue weighted by Gasteiger charge is 2.32. The van der Waals surface area contributed by atoms with Crippen LogP contribution in [-0.2, 0) is 23.0 Å². The second-order valence-corrected chi connectivity index (χ2v) is 11.3. The summed E-state index contributed by atoms with van der Waals surface area (Å²) in [6.45, 7) is 5.30. The average Bonchev–Trinajstić information content (AvgIpc) is 3.27. The predicted molar refractivity (Wildman–Crippen MR) is 135 cm³/mol. The minimum atomic E-state index is -3.89. The fraction of sp³-hybridized carbons (Fsp3) is 0.360. The number of nitrogens with zero attached hydrogens (tertiary/aromatic N) is 4. The van der Waals surface area contributed by atoms with Gasteiger partial charge in [0.05, 0.1) is 4.90 Å². The number of H-pyrrole nitrogens is 1. The molecule has 1 amide bonds. The molecule has 0 radical (unpaired) electrons. The summed E-state index contributed by atoms with van der Waals surface area (Å²) in [6, 6.07) is 12.9. The van der Waals surface area contributed by atoms with Crippen LogP contribution in [0.2, 0.25) is 0 Å². The molecule has 3 aromatic rings. The van der Waals surface area contributed by atoms with E-state index in [1.807, 2.05) is 12.1 Å². The summed E-state index contributed by atoms with van der Waals surface area (Å²) in [5, 5.41) is 9.94. The number of hydrogen-bond donors (Lipinski definition) is 2. The maximum Gasteiger partial charge on any atom is 0.256 e. The van der Waals surface area contributed by atoms with Crippen LogP contribution < -0.4 is 10.2 Å². The first-order chi connectivity index (χ1) is 17.2. The van der Waals surface area contributed by atoms with Gasteiger partial charge in [-0.2, -0.15) is 9.40 Å². The van der Waals surface area contributed by atoms with Crippen molar-refractivity contribution >= 4 is 27.4 Å². The Labute approximate surface area is 209 Å². The largest absolute Gasteiger partial charge is 0.369 e. The van der Waals surface area contributed by atoms with Crippen LogP contribution in [0.1, 0.15) is 28.5 Å². The standard InChI is InChI=1S/C25H29FN6O3S/c1-17-15-31(13-12-30(17)2)20-8-6-18(7-9-20)25(33)27-24-22-16-32(11-10-23(22)28-29-24)36(34,35)21-5-3-4-19(26)14-21/h3-9,14,17H,10-13,15-16H2,1-2H3,(H2,27,28,29,33). The third kappa shape index (κ3) is 4.73. The topological polar surface area (TPSA) is 102 Å². The molecule has 9 nitrogen and oxygen atoms in total. The minimum Gasteiger partial charge on any atom is -0.369 e. The fourth-order valence-corrected chi connectivity index (χ4v) is 6.08. The van der Waals surface area contributed by atoms with Crippen molar-refractivity contribution in [2.24, 2.45) is 0 Å². The van der Waals surface area contributed by atoms with Crippen molar-refractivity contribution < 1.29 is 17.6 Å². The van der Waals surface area contributed by atoms with E-state index in [1.165, 1.54) is 22.5 Å². The smallest absolute Gasteiger partial charge is 0.256 e. The van der Waals surface area contributed by atoms with Crippen LogP contribution in [0.3, 0.4) is 0 Å². The quantitative estimate of drug-likeness (QED) is 0.545. The number of benzene rings is 2. The van der Waals surface area contributed by atoms with Crippen molar-refractivity contribution in [2.75, 3.05) is 43.4 Å². The van der Waals surface area contributed by atoms with Crippen molar-refractivity contribution in [3.63, 3.8) is 0 Å². The molecular formula is C25H29FN6O3S. The Morgan fingerprint density at radius 2 is 1.92 bits per heavy atom. The van der Waals surface area contributed by atoms with Gasteiger partial charge in [-0.15, -0.1) is 0 Å². The van der Waals surface area contributed by atoms with E-state index >= 15 is 0 Å². The van der Waals surface area contributed by atoms with E-state index < -0.39 is 15.8 Å². The van der Waals surface area contributed by atoms with Gasteiger partial charge in [0.15, 0.2) is 5.82 Å². The molecule has 1 fully saturated rings. The zero-order chi connectivity index (χ0) is 25.4. The van der Waals surface area contributed by atoms with E-state index in [2.05, 4.69) is 39.3 Å². The van der Waals surface area contributed by atoms with Crippen LogP contribution in [0.25, 0.3) is 0 Å². The van der Waals surface area contributed by atoms with E-state index in [0.29, 0.717) is 29.4 Å². The monoisotopic (exact) mass is 512 g/mol. The van der Waals surface area contributed by atoms with Crippen LogP contribution in [0.4, 0.5) is 15.9 Å². The Kier molecular flexibility index (Phi) is 6.54. The van der Waals surface area contributed by atoms with Crippen molar-refractivity contribution in [1.29, 1.82) is 0 Å². The first-order valence-corrected chi connectivity index (χ1v) is 13.3. The molecule has 0 bridgehead atoms. The third-order valence-electron chi connectivity index (χ3n) is 7.02. The Hall–Kier alpha value is -3.28. The number of piperazine rings is 1. The van der Waals surface area contributed by atoms with Gasteiger partial charge >= 0.3 is 0 Å². The van der Waals surface area contributed by atoms with Crippen molar-refractivity contribution in [3.05, 3.63) is 71.2 Å². The molecule has 2 aliphatic heterocycles. The number of fused-ring (bicyclic) bond motifs is 1. The lowest BCUT2D eigenvalue weighted by molar-refractivity contribution is 0.102. The molecule has 0 aliphatic carbocycles. The Bertz CT molecular complexity index is 1370. The van der Waals surface area contributed by atoms with Crippen molar-refractivity contribution in [3.8, 4) is 0 Å². The lowest BCUT2D eigenvalue weighted by Gasteiger charge is -2.39. The number of aromatic amines is 1. The number of sulfonamides is 1. The molecule has 0 spiro atoms. The Morgan fingerprint density at radius 3 is 2.64 bits per heavy atom. The molecule has 2 aliphatic rings. The number of likely N-dealkylation sites (N-methyl/N-ethyl adjacent to an activating group) is 1. The second-order valence-electron chi connectivity index (χ2n) is 9.35. The lowest BCUT2D eigenvalue weighted by Crippen LogP contribution is -2.50. The van der Waals surface area contributed by atoms with E-state index in [0.717, 1.165) is 37.1 Å². The molecule has 11 heteroatoms. The summed E-state index contributed by atoms with van der Waals surface area (Å²) in [6.07, 6.45) is 0.408. The summed E-state index contributed by atoms with van der Waals surface area (Å²) < 4.78 is 41.0. The first-order valence-electron chi connectivity index (χ1n) is 11.9. The fourth-order valence-electron chi connectivity index (χ4n) is 4.64. The number of carbonyl (C=O) groups excluding carboxylic acids is 1. The molecule has 1 saturated heterocycles. The molecule has 190 valence electrons. The SMILES string of the molecule is CC1CN(c2ccc(C(=O)Nc3n[nH]c4c3CN(S(=O)(=O)c3cccc(F)c3)CC4)cc2)CCN1C. The molecule has 0 saturated carbocycles. The van der Waals surface area contributed by atoms with Crippen LogP contribution >= 0.6 is 0 Å². The Morgan fingerprint density at radius 1 is 1.14 bits per heavy atom. The number of aromatic nitrogens is 2. The highest BCUT2D eigenvalue weighted by atomic mass is 32.2. The summed E-state index contributed by atoms with van der Waals surface area (Å²) in [5.74, 6) is -0.642. The number of anilines is 2. The molecule has 3 heterocycles. The summed E-state index contributed by atoms with van der Waals surface area (Å²) >= 11 is 0. The number of nitrogens with one attached hydrogen (secondary N) is 2. The van der Waals surface area contributed by atoms with Gasteiger partial charge in [-0.3, -0.25) is 9.89 Å². The summed E-state index contributed by atoms with van der Waals surface area (Å²) in [4.78, 5) is 17.5. The lowest BCUT2D eigenvalue weighted by atomic mass is 10.1. The van der Waals surface area contributed by atoms with Gasteiger partial charge in [0.2, 0.25) is 10.0 Å². The maximum atomic E-state index is 13.6. The first kappa shape index (κ1) is 24.4. The predicted octanol–water partition coefficient (Wildman–Crippen LogP) is 2.69. The van der Waals surface area contributed by atoms with Gasteiger partial charge in [-0.1, -0.05) is 6.07 Å². The number of amides is 1. The second kappa shape index (κ2) is 9.64. The molecule has 1 aromatic heterocycles. The highest BCUT2D eigenvalue weighted by Crippen LogP contribution is 2.29. The molecule has 1 unspecified atom stereocenters. The normalized spacial score (nSPS) is 19.2. The van der Waals surface area contributed by atoms with Gasteiger partial charge in [0, 0.05) is 67.7 Å². The van der Waals surface area contributed by atoms with Crippen molar-refractivity contribution in [2.45, 2.75) is 30.8 Å². The molecule has 2 aromatic carbocycles. The van der Waals surface area contributed by atoms with Crippen LogP contribution in [0.15, 0.2) is 53.4 Å².